The molecule has 2 aromatic heterocycles. The van der Waals surface area contributed by atoms with Crippen molar-refractivity contribution in [1.29, 1.82) is 0 Å². The van der Waals surface area contributed by atoms with Crippen molar-refractivity contribution in [2.24, 2.45) is 0 Å². The van der Waals surface area contributed by atoms with E-state index in [2.05, 4.69) is 27.2 Å². The largest absolute Gasteiger partial charge is 0.474 e. The molecule has 8 nitrogen and oxygen atoms in total. The van der Waals surface area contributed by atoms with Gasteiger partial charge in [0.05, 0.1) is 0 Å². The average Bonchev–Trinajstić information content (AvgIpc) is 2.62. The molecule has 0 aliphatic carbocycles. The van der Waals surface area contributed by atoms with Crippen LogP contribution in [-0.2, 0) is 6.42 Å². The highest BCUT2D eigenvalue weighted by Gasteiger charge is 2.23. The summed E-state index contributed by atoms with van der Waals surface area (Å²) in [5.41, 5.74) is 1.00. The van der Waals surface area contributed by atoms with Crippen LogP contribution in [0.1, 0.15) is 25.5 Å². The van der Waals surface area contributed by atoms with E-state index in [-0.39, 0.29) is 6.10 Å². The summed E-state index contributed by atoms with van der Waals surface area (Å²) in [7, 11) is 0. The molecule has 0 radical (unpaired) electrons. The van der Waals surface area contributed by atoms with Gasteiger partial charge in [0.15, 0.2) is 0 Å². The van der Waals surface area contributed by atoms with E-state index in [4.69, 9.17) is 9.84 Å². The van der Waals surface area contributed by atoms with Crippen molar-refractivity contribution >= 4 is 17.7 Å². The fourth-order valence-electron chi connectivity index (χ4n) is 2.69. The molecule has 1 amide bonds. The maximum atomic E-state index is 10.9. The van der Waals surface area contributed by atoms with Gasteiger partial charge in [0.2, 0.25) is 5.88 Å². The van der Waals surface area contributed by atoms with Gasteiger partial charge in [-0.15, -0.1) is 0 Å². The number of carboxylic acid groups (broad SMARTS) is 1. The van der Waals surface area contributed by atoms with Gasteiger partial charge < -0.3 is 20.1 Å². The van der Waals surface area contributed by atoms with E-state index in [1.54, 1.807) is 6.07 Å². The molecular weight excluding hydrogens is 322 g/mol. The predicted molar refractivity (Wildman–Crippen MR) is 92.2 cm³/mol. The van der Waals surface area contributed by atoms with Crippen LogP contribution < -0.4 is 10.1 Å². The number of nitrogens with zero attached hydrogens (tertiary/aromatic N) is 4. The van der Waals surface area contributed by atoms with Crippen molar-refractivity contribution in [2.45, 2.75) is 32.3 Å². The standard InChI is InChI=1S/C17H21N5O3/c1-2-12-4-3-5-14(20-12)21-15-10-16(19-11-18-15)25-13-6-8-22(9-7-13)17(23)24/h3-5,10-11,13H,2,6-9H2,1H3,(H,23,24)(H,18,19,20,21). The van der Waals surface area contributed by atoms with Crippen molar-refractivity contribution in [1.82, 2.24) is 19.9 Å². The zero-order valence-electron chi connectivity index (χ0n) is 14.1. The van der Waals surface area contributed by atoms with Crippen molar-refractivity contribution in [2.75, 3.05) is 18.4 Å². The van der Waals surface area contributed by atoms with Gasteiger partial charge in [0.1, 0.15) is 24.1 Å². The fraction of sp³-hybridized carbons (Fsp3) is 0.412. The summed E-state index contributed by atoms with van der Waals surface area (Å²) in [6.07, 6.45) is 2.68. The number of hydrogen-bond acceptors (Lipinski definition) is 6. The van der Waals surface area contributed by atoms with Gasteiger partial charge in [-0.2, -0.15) is 0 Å². The molecule has 0 spiro atoms. The van der Waals surface area contributed by atoms with Crippen LogP contribution in [-0.4, -0.2) is 50.2 Å². The molecule has 1 saturated heterocycles. The molecule has 0 bridgehead atoms. The number of rotatable bonds is 5. The number of likely N-dealkylation sites (tertiary alicyclic amines) is 1. The first-order valence-electron chi connectivity index (χ1n) is 8.33. The van der Waals surface area contributed by atoms with Gasteiger partial charge in [-0.25, -0.2) is 19.7 Å². The summed E-state index contributed by atoms with van der Waals surface area (Å²) in [4.78, 5) is 25.1. The number of aryl methyl sites for hydroxylation is 1. The first-order chi connectivity index (χ1) is 12.1. The summed E-state index contributed by atoms with van der Waals surface area (Å²) in [6, 6.07) is 7.53. The number of piperidine rings is 1. The minimum atomic E-state index is -0.881. The lowest BCUT2D eigenvalue weighted by atomic mass is 10.1. The Labute approximate surface area is 145 Å². The lowest BCUT2D eigenvalue weighted by Gasteiger charge is -2.29. The van der Waals surface area contributed by atoms with Gasteiger partial charge in [-0.1, -0.05) is 13.0 Å². The van der Waals surface area contributed by atoms with Crippen LogP contribution in [0.4, 0.5) is 16.4 Å². The smallest absolute Gasteiger partial charge is 0.407 e. The summed E-state index contributed by atoms with van der Waals surface area (Å²) in [6.45, 7) is 3.01. The molecule has 2 N–H and O–H groups in total. The van der Waals surface area contributed by atoms with E-state index in [0.29, 0.717) is 37.6 Å². The minimum absolute atomic E-state index is 0.0418. The summed E-state index contributed by atoms with van der Waals surface area (Å²) >= 11 is 0. The number of nitrogens with one attached hydrogen (secondary N) is 1. The van der Waals surface area contributed by atoms with E-state index in [1.807, 2.05) is 18.2 Å². The van der Waals surface area contributed by atoms with E-state index in [0.717, 1.165) is 17.9 Å². The number of aromatic nitrogens is 3. The third-order valence-electron chi connectivity index (χ3n) is 4.07. The molecule has 0 saturated carbocycles. The van der Waals surface area contributed by atoms with Crippen molar-refractivity contribution in [3.63, 3.8) is 0 Å². The van der Waals surface area contributed by atoms with Gasteiger partial charge in [-0.05, 0) is 18.6 Å². The van der Waals surface area contributed by atoms with Gasteiger partial charge in [0, 0.05) is 37.7 Å². The van der Waals surface area contributed by atoms with Gasteiger partial charge in [0.25, 0.3) is 0 Å². The molecule has 0 aromatic carbocycles. The molecule has 0 atom stereocenters. The van der Waals surface area contributed by atoms with Crippen LogP contribution >= 0.6 is 0 Å². The molecule has 3 heterocycles. The number of ether oxygens (including phenoxy) is 1. The van der Waals surface area contributed by atoms with E-state index in [9.17, 15) is 4.79 Å². The first-order valence-corrected chi connectivity index (χ1v) is 8.33. The lowest BCUT2D eigenvalue weighted by Crippen LogP contribution is -2.41. The Morgan fingerprint density at radius 3 is 2.84 bits per heavy atom. The Hall–Kier alpha value is -2.90. The quantitative estimate of drug-likeness (QED) is 0.861. The number of pyridine rings is 1. The van der Waals surface area contributed by atoms with Crippen LogP contribution in [0.2, 0.25) is 0 Å². The lowest BCUT2D eigenvalue weighted by molar-refractivity contribution is 0.0870. The molecule has 0 unspecified atom stereocenters. The average molecular weight is 343 g/mol. The Morgan fingerprint density at radius 1 is 1.32 bits per heavy atom. The molecule has 2 aromatic rings. The fourth-order valence-corrected chi connectivity index (χ4v) is 2.69. The Bertz CT molecular complexity index is 732. The van der Waals surface area contributed by atoms with Crippen LogP contribution in [0.5, 0.6) is 5.88 Å². The van der Waals surface area contributed by atoms with E-state index in [1.165, 1.54) is 11.2 Å². The molecule has 25 heavy (non-hydrogen) atoms. The topological polar surface area (TPSA) is 100 Å². The second kappa shape index (κ2) is 7.78. The molecule has 1 fully saturated rings. The van der Waals surface area contributed by atoms with Gasteiger partial charge >= 0.3 is 6.09 Å². The minimum Gasteiger partial charge on any atom is -0.474 e. The second-order valence-electron chi connectivity index (χ2n) is 5.82. The highest BCUT2D eigenvalue weighted by Crippen LogP contribution is 2.20. The van der Waals surface area contributed by atoms with E-state index < -0.39 is 6.09 Å². The number of carbonyl (C=O) groups is 1. The Morgan fingerprint density at radius 2 is 2.12 bits per heavy atom. The maximum absolute atomic E-state index is 10.9. The number of hydrogen-bond donors (Lipinski definition) is 2. The van der Waals surface area contributed by atoms with Crippen molar-refractivity contribution in [3.8, 4) is 5.88 Å². The van der Waals surface area contributed by atoms with E-state index >= 15 is 0 Å². The van der Waals surface area contributed by atoms with Gasteiger partial charge in [-0.3, -0.25) is 0 Å². The highest BCUT2D eigenvalue weighted by molar-refractivity contribution is 5.65. The maximum Gasteiger partial charge on any atom is 0.407 e. The highest BCUT2D eigenvalue weighted by atomic mass is 16.5. The second-order valence-corrected chi connectivity index (χ2v) is 5.82. The van der Waals surface area contributed by atoms with Crippen LogP contribution in [0.15, 0.2) is 30.6 Å². The normalized spacial score (nSPS) is 15.0. The summed E-state index contributed by atoms with van der Waals surface area (Å²) in [5, 5.41) is 12.1. The van der Waals surface area contributed by atoms with Crippen LogP contribution in [0, 0.1) is 0 Å². The molecule has 132 valence electrons. The predicted octanol–water partition coefficient (Wildman–Crippen LogP) is 2.70. The third kappa shape index (κ3) is 4.56. The Kier molecular flexibility index (Phi) is 5.27. The molecule has 1 aliphatic rings. The SMILES string of the molecule is CCc1cccc(Nc2cc(OC3CCN(C(=O)O)CC3)ncn2)n1. The van der Waals surface area contributed by atoms with Crippen LogP contribution in [0.3, 0.4) is 0 Å². The van der Waals surface area contributed by atoms with Crippen LogP contribution in [0.25, 0.3) is 0 Å². The zero-order chi connectivity index (χ0) is 17.6. The zero-order valence-corrected chi connectivity index (χ0v) is 14.1. The molecule has 8 heteroatoms. The summed E-state index contributed by atoms with van der Waals surface area (Å²) < 4.78 is 5.88. The number of amides is 1. The summed E-state index contributed by atoms with van der Waals surface area (Å²) in [5.74, 6) is 1.80. The number of anilines is 2. The Balaban J connectivity index is 1.61. The van der Waals surface area contributed by atoms with Crippen molar-refractivity contribution in [3.05, 3.63) is 36.3 Å². The first kappa shape index (κ1) is 16.9. The third-order valence-corrected chi connectivity index (χ3v) is 4.07. The molecular formula is C17H21N5O3. The monoisotopic (exact) mass is 343 g/mol. The molecule has 3 rings (SSSR count). The molecule has 1 aliphatic heterocycles. The van der Waals surface area contributed by atoms with Crippen molar-refractivity contribution < 1.29 is 14.6 Å².